The number of fused-ring (bicyclic) bond motifs is 1. The van der Waals surface area contributed by atoms with Gasteiger partial charge in [0, 0.05) is 5.69 Å². The van der Waals surface area contributed by atoms with Crippen molar-refractivity contribution < 1.29 is 9.53 Å². The van der Waals surface area contributed by atoms with Gasteiger partial charge in [0.2, 0.25) is 0 Å². The molecular weight excluding hydrogens is 358 g/mol. The van der Waals surface area contributed by atoms with Crippen LogP contribution in [0, 0.1) is 13.8 Å². The van der Waals surface area contributed by atoms with Gasteiger partial charge in [0.1, 0.15) is 21.9 Å². The highest BCUT2D eigenvalue weighted by Gasteiger charge is 2.21. The van der Waals surface area contributed by atoms with E-state index in [1.54, 1.807) is 0 Å². The summed E-state index contributed by atoms with van der Waals surface area (Å²) in [6, 6.07) is 8.05. The molecule has 132 valence electrons. The van der Waals surface area contributed by atoms with Crippen molar-refractivity contribution in [2.45, 2.75) is 33.8 Å². The first-order valence-electron chi connectivity index (χ1n) is 7.74. The number of halogens is 1. The van der Waals surface area contributed by atoms with Gasteiger partial charge in [-0.15, -0.1) is 23.7 Å². The molecule has 3 aromatic rings. The Labute approximate surface area is 156 Å². The van der Waals surface area contributed by atoms with Crippen LogP contribution in [0.4, 0.5) is 11.5 Å². The molecule has 3 rings (SSSR count). The third-order valence-corrected chi connectivity index (χ3v) is 4.72. The molecule has 0 spiro atoms. The molecule has 0 saturated carbocycles. The van der Waals surface area contributed by atoms with Crippen molar-refractivity contribution in [3.05, 3.63) is 46.6 Å². The second kappa shape index (κ2) is 7.80. The summed E-state index contributed by atoms with van der Waals surface area (Å²) in [7, 11) is 0. The number of nitrogens with zero attached hydrogens (tertiary/aromatic N) is 2. The summed E-state index contributed by atoms with van der Waals surface area (Å²) >= 11 is 1.34. The lowest BCUT2D eigenvalue weighted by atomic mass is 10.2. The lowest BCUT2D eigenvalue weighted by Gasteiger charge is -2.08. The second-order valence-electron chi connectivity index (χ2n) is 5.91. The molecule has 7 heteroatoms. The van der Waals surface area contributed by atoms with E-state index in [2.05, 4.69) is 15.3 Å². The number of rotatable bonds is 4. The van der Waals surface area contributed by atoms with Crippen LogP contribution >= 0.6 is 23.7 Å². The monoisotopic (exact) mass is 377 g/mol. The zero-order chi connectivity index (χ0) is 17.3. The standard InChI is InChI=1S/C18H19N3O2S.ClH/c1-10(2)23-18(22)15-12(4)14-16(19-9-20-17(14)24-15)21-13-7-5-6-11(3)8-13;/h5-10H,1-4H3,(H,19,20,21);1H. The second-order valence-corrected chi connectivity index (χ2v) is 6.91. The van der Waals surface area contributed by atoms with Gasteiger partial charge in [-0.2, -0.15) is 0 Å². The summed E-state index contributed by atoms with van der Waals surface area (Å²) in [5, 5.41) is 4.19. The van der Waals surface area contributed by atoms with Crippen molar-refractivity contribution in [2.24, 2.45) is 0 Å². The van der Waals surface area contributed by atoms with E-state index < -0.39 is 0 Å². The Morgan fingerprint density at radius 1 is 1.24 bits per heavy atom. The maximum absolute atomic E-state index is 12.3. The van der Waals surface area contributed by atoms with Crippen LogP contribution in [0.1, 0.15) is 34.6 Å². The van der Waals surface area contributed by atoms with Gasteiger partial charge < -0.3 is 10.1 Å². The molecule has 0 bridgehead atoms. The Morgan fingerprint density at radius 2 is 2.00 bits per heavy atom. The third kappa shape index (κ3) is 4.08. The van der Waals surface area contributed by atoms with Crippen LogP contribution in [0.2, 0.25) is 0 Å². The van der Waals surface area contributed by atoms with Crippen LogP contribution in [0.3, 0.4) is 0 Å². The van der Waals surface area contributed by atoms with Crippen LogP contribution in [0.5, 0.6) is 0 Å². The number of nitrogens with one attached hydrogen (secondary N) is 1. The van der Waals surface area contributed by atoms with Crippen molar-refractivity contribution in [2.75, 3.05) is 5.32 Å². The van der Waals surface area contributed by atoms with Gasteiger partial charge >= 0.3 is 5.97 Å². The molecule has 25 heavy (non-hydrogen) atoms. The molecule has 2 heterocycles. The van der Waals surface area contributed by atoms with E-state index in [-0.39, 0.29) is 24.5 Å². The van der Waals surface area contributed by atoms with Gasteiger partial charge in [-0.25, -0.2) is 14.8 Å². The SMILES string of the molecule is Cc1cccc(Nc2ncnc3sc(C(=O)OC(C)C)c(C)c23)c1.Cl. The minimum absolute atomic E-state index is 0. The first-order valence-corrected chi connectivity index (χ1v) is 8.56. The number of esters is 1. The van der Waals surface area contributed by atoms with E-state index in [9.17, 15) is 4.79 Å². The number of benzene rings is 1. The predicted molar refractivity (Wildman–Crippen MR) is 104 cm³/mol. The first-order chi connectivity index (χ1) is 11.5. The van der Waals surface area contributed by atoms with Crippen molar-refractivity contribution >= 4 is 51.4 Å². The first kappa shape index (κ1) is 19.1. The largest absolute Gasteiger partial charge is 0.459 e. The predicted octanol–water partition coefficient (Wildman–Crippen LogP) is 5.04. The van der Waals surface area contributed by atoms with Crippen molar-refractivity contribution in [1.29, 1.82) is 0 Å². The Morgan fingerprint density at radius 3 is 2.68 bits per heavy atom. The van der Waals surface area contributed by atoms with Crippen molar-refractivity contribution in [1.82, 2.24) is 9.97 Å². The Hall–Kier alpha value is -2.18. The van der Waals surface area contributed by atoms with Crippen LogP contribution in [-0.2, 0) is 4.74 Å². The van der Waals surface area contributed by atoms with Gasteiger partial charge in [-0.1, -0.05) is 12.1 Å². The fourth-order valence-corrected chi connectivity index (χ4v) is 3.52. The molecule has 0 amide bonds. The van der Waals surface area contributed by atoms with Gasteiger partial charge in [0.05, 0.1) is 11.5 Å². The highest BCUT2D eigenvalue weighted by atomic mass is 35.5. The summed E-state index contributed by atoms with van der Waals surface area (Å²) in [5.74, 6) is 0.384. The number of aryl methyl sites for hydroxylation is 2. The highest BCUT2D eigenvalue weighted by molar-refractivity contribution is 7.20. The van der Waals surface area contributed by atoms with Crippen LogP contribution in [0.25, 0.3) is 10.2 Å². The van der Waals surface area contributed by atoms with E-state index in [0.29, 0.717) is 10.7 Å². The number of carbonyl (C=O) groups excluding carboxylic acids is 1. The molecule has 0 aliphatic rings. The molecule has 0 radical (unpaired) electrons. The van der Waals surface area contributed by atoms with E-state index in [1.165, 1.54) is 17.7 Å². The number of carbonyl (C=O) groups is 1. The minimum Gasteiger partial charge on any atom is -0.459 e. The Bertz CT molecular complexity index is 908. The number of hydrogen-bond acceptors (Lipinski definition) is 6. The molecule has 0 fully saturated rings. The molecule has 0 aliphatic heterocycles. The van der Waals surface area contributed by atoms with E-state index in [0.717, 1.165) is 27.0 Å². The summed E-state index contributed by atoms with van der Waals surface area (Å²) < 4.78 is 5.32. The third-order valence-electron chi connectivity index (χ3n) is 3.54. The van der Waals surface area contributed by atoms with Gasteiger partial charge in [-0.05, 0) is 51.0 Å². The molecule has 1 aromatic carbocycles. The van der Waals surface area contributed by atoms with Crippen LogP contribution in [0.15, 0.2) is 30.6 Å². The van der Waals surface area contributed by atoms with Gasteiger partial charge in [-0.3, -0.25) is 0 Å². The van der Waals surface area contributed by atoms with Crippen LogP contribution in [-0.4, -0.2) is 22.0 Å². The van der Waals surface area contributed by atoms with Gasteiger partial charge in [0.15, 0.2) is 0 Å². The van der Waals surface area contributed by atoms with Gasteiger partial charge in [0.25, 0.3) is 0 Å². The maximum atomic E-state index is 12.3. The number of hydrogen-bond donors (Lipinski definition) is 1. The Kier molecular flexibility index (Phi) is 5.98. The number of anilines is 2. The van der Waals surface area contributed by atoms with Crippen molar-refractivity contribution in [3.63, 3.8) is 0 Å². The molecular formula is C18H20ClN3O2S. The number of aromatic nitrogens is 2. The molecule has 0 atom stereocenters. The lowest BCUT2D eigenvalue weighted by Crippen LogP contribution is -2.11. The summed E-state index contributed by atoms with van der Waals surface area (Å²) in [5.41, 5.74) is 2.96. The average Bonchev–Trinajstić information content (AvgIpc) is 2.85. The van der Waals surface area contributed by atoms with Crippen molar-refractivity contribution in [3.8, 4) is 0 Å². The minimum atomic E-state index is -0.313. The molecule has 0 aliphatic carbocycles. The molecule has 0 saturated heterocycles. The quantitative estimate of drug-likeness (QED) is 0.645. The highest BCUT2D eigenvalue weighted by Crippen LogP contribution is 2.35. The fourth-order valence-electron chi connectivity index (χ4n) is 2.49. The zero-order valence-corrected chi connectivity index (χ0v) is 16.1. The summed E-state index contributed by atoms with van der Waals surface area (Å²) in [4.78, 5) is 22.3. The average molecular weight is 378 g/mol. The van der Waals surface area contributed by atoms with E-state index in [1.807, 2.05) is 52.0 Å². The topological polar surface area (TPSA) is 64.1 Å². The zero-order valence-electron chi connectivity index (χ0n) is 14.5. The Balaban J connectivity index is 0.00000225. The normalized spacial score (nSPS) is 10.6. The lowest BCUT2D eigenvalue weighted by molar-refractivity contribution is 0.0383. The molecule has 2 aromatic heterocycles. The van der Waals surface area contributed by atoms with Crippen LogP contribution < -0.4 is 5.32 Å². The number of ether oxygens (including phenoxy) is 1. The van der Waals surface area contributed by atoms with E-state index in [4.69, 9.17) is 4.74 Å². The summed E-state index contributed by atoms with van der Waals surface area (Å²) in [6.45, 7) is 7.62. The summed E-state index contributed by atoms with van der Waals surface area (Å²) in [6.07, 6.45) is 1.35. The van der Waals surface area contributed by atoms with E-state index >= 15 is 0 Å². The smallest absolute Gasteiger partial charge is 0.348 e. The maximum Gasteiger partial charge on any atom is 0.348 e. The molecule has 0 unspecified atom stereocenters. The molecule has 5 nitrogen and oxygen atoms in total. The fraction of sp³-hybridized carbons (Fsp3) is 0.278. The number of thiophene rings is 1. The molecule has 1 N–H and O–H groups in total.